The van der Waals surface area contributed by atoms with Gasteiger partial charge in [0, 0.05) is 26.5 Å². The summed E-state index contributed by atoms with van der Waals surface area (Å²) in [4.78, 5) is 13.6. The minimum Gasteiger partial charge on any atom is -0.383 e. The van der Waals surface area contributed by atoms with Crippen molar-refractivity contribution in [1.29, 1.82) is 0 Å². The van der Waals surface area contributed by atoms with Gasteiger partial charge in [-0.15, -0.1) is 12.3 Å². The van der Waals surface area contributed by atoms with Crippen LogP contribution in [0.15, 0.2) is 0 Å². The topological polar surface area (TPSA) is 29.5 Å². The maximum Gasteiger partial charge on any atom is 0.223 e. The van der Waals surface area contributed by atoms with Crippen LogP contribution in [0.2, 0.25) is 0 Å². The summed E-state index contributed by atoms with van der Waals surface area (Å²) in [6, 6.07) is 0.269. The van der Waals surface area contributed by atoms with Gasteiger partial charge >= 0.3 is 0 Å². The van der Waals surface area contributed by atoms with E-state index >= 15 is 0 Å². The third kappa shape index (κ3) is 2.74. The van der Waals surface area contributed by atoms with Crippen molar-refractivity contribution < 1.29 is 9.53 Å². The minimum atomic E-state index is 0.169. The molecule has 1 saturated heterocycles. The molecule has 0 bridgehead atoms. The smallest absolute Gasteiger partial charge is 0.223 e. The van der Waals surface area contributed by atoms with Crippen molar-refractivity contribution >= 4 is 5.91 Å². The van der Waals surface area contributed by atoms with E-state index in [9.17, 15) is 4.79 Å². The first-order chi connectivity index (χ1) is 6.79. The maximum absolute atomic E-state index is 11.7. The number of amides is 1. The summed E-state index contributed by atoms with van der Waals surface area (Å²) in [6.07, 6.45) is 8.26. The fraction of sp³-hybridized carbons (Fsp3) is 0.727. The third-order valence-corrected chi connectivity index (χ3v) is 2.54. The van der Waals surface area contributed by atoms with Gasteiger partial charge in [-0.3, -0.25) is 4.79 Å². The average Bonchev–Trinajstić information content (AvgIpc) is 2.63. The molecule has 0 N–H and O–H groups in total. The number of rotatable bonds is 4. The monoisotopic (exact) mass is 195 g/mol. The van der Waals surface area contributed by atoms with E-state index in [1.807, 2.05) is 4.90 Å². The zero-order chi connectivity index (χ0) is 10.4. The van der Waals surface area contributed by atoms with E-state index in [0.29, 0.717) is 19.4 Å². The van der Waals surface area contributed by atoms with Crippen LogP contribution in [-0.4, -0.2) is 37.1 Å². The standard InChI is InChI=1S/C11H17NO2/c1-3-4-7-11(13)12-8-5-6-10(12)9-14-2/h1,10H,4-9H2,2H3/t10-/m0/s1. The summed E-state index contributed by atoms with van der Waals surface area (Å²) in [5, 5.41) is 0. The lowest BCUT2D eigenvalue weighted by atomic mass is 10.2. The average molecular weight is 195 g/mol. The lowest BCUT2D eigenvalue weighted by Gasteiger charge is -2.23. The van der Waals surface area contributed by atoms with Crippen LogP contribution >= 0.6 is 0 Å². The molecule has 1 aliphatic rings. The van der Waals surface area contributed by atoms with Gasteiger partial charge in [0.1, 0.15) is 0 Å². The van der Waals surface area contributed by atoms with Crippen LogP contribution in [0.4, 0.5) is 0 Å². The van der Waals surface area contributed by atoms with Crippen LogP contribution in [0.25, 0.3) is 0 Å². The number of likely N-dealkylation sites (tertiary alicyclic amines) is 1. The highest BCUT2D eigenvalue weighted by atomic mass is 16.5. The summed E-state index contributed by atoms with van der Waals surface area (Å²) in [6.45, 7) is 1.50. The molecule has 1 atom stereocenters. The van der Waals surface area contributed by atoms with E-state index in [1.54, 1.807) is 7.11 Å². The fourth-order valence-electron chi connectivity index (χ4n) is 1.85. The predicted octanol–water partition coefficient (Wildman–Crippen LogP) is 1.04. The molecule has 0 aromatic rings. The Morgan fingerprint density at radius 3 is 3.14 bits per heavy atom. The van der Waals surface area contributed by atoms with E-state index in [4.69, 9.17) is 11.2 Å². The van der Waals surface area contributed by atoms with E-state index < -0.39 is 0 Å². The number of methoxy groups -OCH3 is 1. The highest BCUT2D eigenvalue weighted by Crippen LogP contribution is 2.18. The van der Waals surface area contributed by atoms with Crippen molar-refractivity contribution in [3.05, 3.63) is 0 Å². The van der Waals surface area contributed by atoms with Crippen LogP contribution in [0.3, 0.4) is 0 Å². The third-order valence-electron chi connectivity index (χ3n) is 2.54. The highest BCUT2D eigenvalue weighted by molar-refractivity contribution is 5.77. The van der Waals surface area contributed by atoms with E-state index in [0.717, 1.165) is 19.4 Å². The first-order valence-electron chi connectivity index (χ1n) is 5.01. The molecule has 1 fully saturated rings. The van der Waals surface area contributed by atoms with Gasteiger partial charge in [0.15, 0.2) is 0 Å². The van der Waals surface area contributed by atoms with Crippen LogP contribution in [0.5, 0.6) is 0 Å². The molecule has 0 unspecified atom stereocenters. The number of carbonyl (C=O) groups is 1. The molecule has 1 amide bonds. The Hall–Kier alpha value is -1.01. The molecular weight excluding hydrogens is 178 g/mol. The Labute approximate surface area is 85.4 Å². The van der Waals surface area contributed by atoms with Gasteiger partial charge in [-0.1, -0.05) is 0 Å². The second-order valence-corrected chi connectivity index (χ2v) is 3.54. The number of hydrogen-bond acceptors (Lipinski definition) is 2. The normalized spacial score (nSPS) is 20.9. The summed E-state index contributed by atoms with van der Waals surface area (Å²) in [5.41, 5.74) is 0. The Bertz CT molecular complexity index is 232. The molecule has 1 rings (SSSR count). The second kappa shape index (κ2) is 5.66. The lowest BCUT2D eigenvalue weighted by molar-refractivity contribution is -0.132. The minimum absolute atomic E-state index is 0.169. The molecule has 14 heavy (non-hydrogen) atoms. The van der Waals surface area contributed by atoms with Crippen molar-refractivity contribution in [1.82, 2.24) is 4.90 Å². The molecule has 0 aromatic carbocycles. The van der Waals surface area contributed by atoms with Gasteiger partial charge in [0.05, 0.1) is 12.6 Å². The van der Waals surface area contributed by atoms with Crippen LogP contribution in [0.1, 0.15) is 25.7 Å². The Morgan fingerprint density at radius 1 is 1.71 bits per heavy atom. The summed E-state index contributed by atoms with van der Waals surface area (Å²) >= 11 is 0. The second-order valence-electron chi connectivity index (χ2n) is 3.54. The van der Waals surface area contributed by atoms with Crippen LogP contribution in [0, 0.1) is 12.3 Å². The Balaban J connectivity index is 2.41. The van der Waals surface area contributed by atoms with E-state index in [-0.39, 0.29) is 11.9 Å². The van der Waals surface area contributed by atoms with Crippen LogP contribution < -0.4 is 0 Å². The molecule has 3 nitrogen and oxygen atoms in total. The molecule has 0 saturated carbocycles. The zero-order valence-electron chi connectivity index (χ0n) is 8.66. The molecule has 0 spiro atoms. The lowest BCUT2D eigenvalue weighted by Crippen LogP contribution is -2.37. The number of nitrogens with zero attached hydrogens (tertiary/aromatic N) is 1. The summed E-state index contributed by atoms with van der Waals surface area (Å²) < 4.78 is 5.08. The predicted molar refractivity (Wildman–Crippen MR) is 54.7 cm³/mol. The first kappa shape index (κ1) is 11.1. The Morgan fingerprint density at radius 2 is 2.50 bits per heavy atom. The molecule has 0 aliphatic carbocycles. The largest absolute Gasteiger partial charge is 0.383 e. The molecule has 3 heteroatoms. The van der Waals surface area contributed by atoms with Gasteiger partial charge < -0.3 is 9.64 Å². The summed E-state index contributed by atoms with van der Waals surface area (Å²) in [7, 11) is 1.67. The van der Waals surface area contributed by atoms with E-state index in [2.05, 4.69) is 5.92 Å². The summed E-state index contributed by atoms with van der Waals surface area (Å²) in [5.74, 6) is 2.66. The van der Waals surface area contributed by atoms with Crippen molar-refractivity contribution in [2.24, 2.45) is 0 Å². The van der Waals surface area contributed by atoms with Gasteiger partial charge in [0.25, 0.3) is 0 Å². The van der Waals surface area contributed by atoms with Gasteiger partial charge in [0.2, 0.25) is 5.91 Å². The van der Waals surface area contributed by atoms with Crippen molar-refractivity contribution in [2.45, 2.75) is 31.7 Å². The Kier molecular flexibility index (Phi) is 4.48. The molecule has 1 heterocycles. The molecule has 1 aliphatic heterocycles. The SMILES string of the molecule is C#CCCC(=O)N1CCC[C@H]1COC. The van der Waals surface area contributed by atoms with Gasteiger partial charge in [-0.25, -0.2) is 0 Å². The number of hydrogen-bond donors (Lipinski definition) is 0. The van der Waals surface area contributed by atoms with Gasteiger partial charge in [-0.05, 0) is 12.8 Å². The fourth-order valence-corrected chi connectivity index (χ4v) is 1.85. The number of carbonyl (C=O) groups excluding carboxylic acids is 1. The zero-order valence-corrected chi connectivity index (χ0v) is 8.66. The maximum atomic E-state index is 11.7. The molecule has 0 aromatic heterocycles. The van der Waals surface area contributed by atoms with Crippen molar-refractivity contribution in [3.63, 3.8) is 0 Å². The first-order valence-corrected chi connectivity index (χ1v) is 5.01. The molecular formula is C11H17NO2. The van der Waals surface area contributed by atoms with E-state index in [1.165, 1.54) is 0 Å². The van der Waals surface area contributed by atoms with Crippen molar-refractivity contribution in [2.75, 3.05) is 20.3 Å². The highest BCUT2D eigenvalue weighted by Gasteiger charge is 2.27. The van der Waals surface area contributed by atoms with Crippen molar-refractivity contribution in [3.8, 4) is 12.3 Å². The van der Waals surface area contributed by atoms with Gasteiger partial charge in [-0.2, -0.15) is 0 Å². The quantitative estimate of drug-likeness (QED) is 0.627. The molecule has 0 radical (unpaired) electrons. The molecule has 78 valence electrons. The number of ether oxygens (including phenoxy) is 1. The van der Waals surface area contributed by atoms with Crippen LogP contribution in [-0.2, 0) is 9.53 Å². The number of terminal acetylenes is 1.